The van der Waals surface area contributed by atoms with E-state index in [9.17, 15) is 4.79 Å². The van der Waals surface area contributed by atoms with Gasteiger partial charge in [-0.25, -0.2) is 0 Å². The van der Waals surface area contributed by atoms with E-state index in [1.807, 2.05) is 58.0 Å². The highest BCUT2D eigenvalue weighted by atomic mass is 32.1. The van der Waals surface area contributed by atoms with Crippen molar-refractivity contribution >= 4 is 29.2 Å². The number of thiocarbonyl (C=S) groups is 1. The Morgan fingerprint density at radius 2 is 1.86 bits per heavy atom. The molecule has 1 aromatic rings. The predicted molar refractivity (Wildman–Crippen MR) is 93.1 cm³/mol. The Balaban J connectivity index is 2.80. The van der Waals surface area contributed by atoms with Crippen LogP contribution in [0, 0.1) is 6.92 Å². The van der Waals surface area contributed by atoms with Gasteiger partial charge < -0.3 is 10.6 Å². The minimum absolute atomic E-state index is 0.0284. The fourth-order valence-electron chi connectivity index (χ4n) is 1.93. The number of rotatable bonds is 5. The Morgan fingerprint density at radius 1 is 1.29 bits per heavy atom. The van der Waals surface area contributed by atoms with Gasteiger partial charge in [-0.2, -0.15) is 0 Å². The molecule has 1 amide bonds. The second-order valence-electron chi connectivity index (χ2n) is 6.12. The number of nitrogens with zero attached hydrogens (tertiary/aromatic N) is 1. The molecule has 0 aliphatic heterocycles. The molecule has 2 N–H and O–H groups in total. The quantitative estimate of drug-likeness (QED) is 0.670. The normalized spacial score (nSPS) is 11.6. The molecular weight excluding hydrogens is 280 g/mol. The summed E-state index contributed by atoms with van der Waals surface area (Å²) in [4.78, 5) is 14.6. The molecule has 0 saturated carbocycles. The van der Waals surface area contributed by atoms with Gasteiger partial charge in [0.05, 0.1) is 4.99 Å². The van der Waals surface area contributed by atoms with Crippen LogP contribution in [0.3, 0.4) is 0 Å². The maximum atomic E-state index is 12.4. The molecule has 0 spiro atoms. The summed E-state index contributed by atoms with van der Waals surface area (Å²) in [5.41, 5.74) is 7.49. The molecule has 0 radical (unpaired) electrons. The molecule has 0 unspecified atom stereocenters. The van der Waals surface area contributed by atoms with Crippen molar-refractivity contribution in [2.75, 3.05) is 6.54 Å². The lowest BCUT2D eigenvalue weighted by Crippen LogP contribution is -2.46. The smallest absolute Gasteiger partial charge is 0.247 e. The number of aryl methyl sites for hydroxylation is 1. The fourth-order valence-corrected chi connectivity index (χ4v) is 2.02. The summed E-state index contributed by atoms with van der Waals surface area (Å²) in [6.45, 7) is 8.59. The van der Waals surface area contributed by atoms with Gasteiger partial charge in [-0.05, 0) is 39.3 Å². The molecular formula is C17H24N2OS. The molecule has 0 aliphatic rings. The Bertz CT molecular complexity index is 527. The van der Waals surface area contributed by atoms with Crippen LogP contribution in [0.4, 0.5) is 0 Å². The highest BCUT2D eigenvalue weighted by Gasteiger charge is 2.24. The number of benzene rings is 1. The molecule has 0 aliphatic carbocycles. The van der Waals surface area contributed by atoms with Crippen LogP contribution in [0.15, 0.2) is 30.3 Å². The average molecular weight is 304 g/mol. The standard InChI is InChI=1S/C17H24N2OS/c1-13-5-7-14(8-6-13)9-10-16(20)19(17(2,3)4)12-11-15(18)21/h5-10H,11-12H2,1-4H3,(H2,18,21)/b10-9+. The van der Waals surface area contributed by atoms with E-state index in [4.69, 9.17) is 18.0 Å². The van der Waals surface area contributed by atoms with Crippen LogP contribution in [0.25, 0.3) is 6.08 Å². The van der Waals surface area contributed by atoms with Gasteiger partial charge in [0.2, 0.25) is 5.91 Å². The molecule has 1 aromatic carbocycles. The number of nitrogens with two attached hydrogens (primary N) is 1. The first kappa shape index (κ1) is 17.4. The van der Waals surface area contributed by atoms with E-state index in [0.29, 0.717) is 18.0 Å². The van der Waals surface area contributed by atoms with Gasteiger partial charge in [-0.15, -0.1) is 0 Å². The van der Waals surface area contributed by atoms with Crippen molar-refractivity contribution in [3.8, 4) is 0 Å². The van der Waals surface area contributed by atoms with Crippen molar-refractivity contribution < 1.29 is 4.79 Å². The van der Waals surface area contributed by atoms with Crippen LogP contribution in [0.2, 0.25) is 0 Å². The van der Waals surface area contributed by atoms with Crippen LogP contribution in [0.5, 0.6) is 0 Å². The van der Waals surface area contributed by atoms with Crippen molar-refractivity contribution in [3.63, 3.8) is 0 Å². The third-order valence-electron chi connectivity index (χ3n) is 3.15. The number of carbonyl (C=O) groups excluding carboxylic acids is 1. The lowest BCUT2D eigenvalue weighted by molar-refractivity contribution is -0.130. The zero-order chi connectivity index (χ0) is 16.0. The molecule has 0 bridgehead atoms. The van der Waals surface area contributed by atoms with E-state index in [2.05, 4.69) is 0 Å². The van der Waals surface area contributed by atoms with E-state index >= 15 is 0 Å². The van der Waals surface area contributed by atoms with Crippen LogP contribution in [0.1, 0.15) is 38.3 Å². The lowest BCUT2D eigenvalue weighted by Gasteiger charge is -2.35. The Labute approximate surface area is 132 Å². The second-order valence-corrected chi connectivity index (χ2v) is 6.65. The zero-order valence-electron chi connectivity index (χ0n) is 13.2. The third kappa shape index (κ3) is 6.08. The van der Waals surface area contributed by atoms with Gasteiger partial charge in [-0.1, -0.05) is 42.0 Å². The number of hydrogen-bond donors (Lipinski definition) is 1. The minimum Gasteiger partial charge on any atom is -0.393 e. The summed E-state index contributed by atoms with van der Waals surface area (Å²) in [6, 6.07) is 8.04. The molecule has 3 nitrogen and oxygen atoms in total. The monoisotopic (exact) mass is 304 g/mol. The number of amides is 1. The Kier molecular flexibility index (Phi) is 6.09. The van der Waals surface area contributed by atoms with E-state index in [-0.39, 0.29) is 11.4 Å². The van der Waals surface area contributed by atoms with Crippen LogP contribution in [-0.2, 0) is 4.79 Å². The highest BCUT2D eigenvalue weighted by molar-refractivity contribution is 7.80. The largest absolute Gasteiger partial charge is 0.393 e. The molecule has 1 rings (SSSR count). The lowest BCUT2D eigenvalue weighted by atomic mass is 10.0. The van der Waals surface area contributed by atoms with Crippen molar-refractivity contribution in [3.05, 3.63) is 41.5 Å². The van der Waals surface area contributed by atoms with E-state index < -0.39 is 0 Å². The van der Waals surface area contributed by atoms with Gasteiger partial charge >= 0.3 is 0 Å². The highest BCUT2D eigenvalue weighted by Crippen LogP contribution is 2.15. The molecule has 0 atom stereocenters. The Hall–Kier alpha value is -1.68. The zero-order valence-corrected chi connectivity index (χ0v) is 14.0. The maximum Gasteiger partial charge on any atom is 0.247 e. The van der Waals surface area contributed by atoms with Crippen molar-refractivity contribution in [1.29, 1.82) is 0 Å². The minimum atomic E-state index is -0.264. The first-order chi connectivity index (χ1) is 9.70. The molecule has 0 fully saturated rings. The van der Waals surface area contributed by atoms with Crippen molar-refractivity contribution in [2.24, 2.45) is 5.73 Å². The van der Waals surface area contributed by atoms with E-state index in [1.54, 1.807) is 11.0 Å². The third-order valence-corrected chi connectivity index (χ3v) is 3.36. The van der Waals surface area contributed by atoms with Crippen LogP contribution in [-0.4, -0.2) is 27.9 Å². The summed E-state index contributed by atoms with van der Waals surface area (Å²) in [6.07, 6.45) is 3.98. The number of hydrogen-bond acceptors (Lipinski definition) is 2. The number of carbonyl (C=O) groups is 1. The van der Waals surface area contributed by atoms with Gasteiger partial charge in [-0.3, -0.25) is 4.79 Å². The topological polar surface area (TPSA) is 46.3 Å². The van der Waals surface area contributed by atoms with Gasteiger partial charge in [0.1, 0.15) is 0 Å². The molecule has 0 aromatic heterocycles. The van der Waals surface area contributed by atoms with Gasteiger partial charge in [0.15, 0.2) is 0 Å². The van der Waals surface area contributed by atoms with Gasteiger partial charge in [0.25, 0.3) is 0 Å². The molecule has 0 heterocycles. The van der Waals surface area contributed by atoms with Crippen molar-refractivity contribution in [2.45, 2.75) is 39.7 Å². The molecule has 0 saturated heterocycles. The molecule has 4 heteroatoms. The summed E-state index contributed by atoms with van der Waals surface area (Å²) >= 11 is 4.90. The van der Waals surface area contributed by atoms with Crippen LogP contribution < -0.4 is 5.73 Å². The summed E-state index contributed by atoms with van der Waals surface area (Å²) in [7, 11) is 0. The first-order valence-electron chi connectivity index (χ1n) is 7.05. The predicted octanol–water partition coefficient (Wildman–Crippen LogP) is 3.31. The van der Waals surface area contributed by atoms with E-state index in [1.165, 1.54) is 5.56 Å². The molecule has 114 valence electrons. The fraction of sp³-hybridized carbons (Fsp3) is 0.412. The van der Waals surface area contributed by atoms with Crippen LogP contribution >= 0.6 is 12.2 Å². The average Bonchev–Trinajstić information content (AvgIpc) is 2.36. The molecule has 21 heavy (non-hydrogen) atoms. The Morgan fingerprint density at radius 3 is 2.33 bits per heavy atom. The summed E-state index contributed by atoms with van der Waals surface area (Å²) in [5.74, 6) is -0.0284. The van der Waals surface area contributed by atoms with Crippen molar-refractivity contribution in [1.82, 2.24) is 4.90 Å². The first-order valence-corrected chi connectivity index (χ1v) is 7.45. The SMILES string of the molecule is Cc1ccc(/C=C/C(=O)N(CCC(N)=S)C(C)(C)C)cc1. The van der Waals surface area contributed by atoms with Gasteiger partial charge in [0, 0.05) is 24.6 Å². The van der Waals surface area contributed by atoms with E-state index in [0.717, 1.165) is 5.56 Å². The summed E-state index contributed by atoms with van der Waals surface area (Å²) in [5, 5.41) is 0. The maximum absolute atomic E-state index is 12.4. The summed E-state index contributed by atoms with van der Waals surface area (Å²) < 4.78 is 0. The second kappa shape index (κ2) is 7.36.